The van der Waals surface area contributed by atoms with Gasteiger partial charge in [-0.05, 0) is 97.3 Å². The average Bonchev–Trinajstić information content (AvgIpc) is 2.35. The van der Waals surface area contributed by atoms with Gasteiger partial charge in [-0.1, -0.05) is 19.9 Å². The number of hydrogen-bond acceptors (Lipinski definition) is 1. The lowest BCUT2D eigenvalue weighted by atomic mass is 9.47. The van der Waals surface area contributed by atoms with Crippen molar-refractivity contribution in [2.24, 2.45) is 17.8 Å². The van der Waals surface area contributed by atoms with E-state index in [4.69, 9.17) is 0 Å². The summed E-state index contributed by atoms with van der Waals surface area (Å²) < 4.78 is 0. The fourth-order valence-electron chi connectivity index (χ4n) is 6.18. The minimum absolute atomic E-state index is 0.401. The zero-order chi connectivity index (χ0) is 14.8. The molecule has 0 atom stereocenters. The van der Waals surface area contributed by atoms with Crippen LogP contribution in [-0.4, -0.2) is 5.11 Å². The van der Waals surface area contributed by atoms with E-state index in [0.29, 0.717) is 17.1 Å². The molecule has 5 rings (SSSR count). The Bertz CT molecular complexity index is 534. The zero-order valence-corrected chi connectivity index (χ0v) is 13.7. The van der Waals surface area contributed by atoms with E-state index in [2.05, 4.69) is 26.8 Å². The molecule has 4 saturated carbocycles. The summed E-state index contributed by atoms with van der Waals surface area (Å²) in [6, 6.07) is 4.39. The first-order valence-corrected chi connectivity index (χ1v) is 8.81. The van der Waals surface area contributed by atoms with Crippen molar-refractivity contribution in [3.63, 3.8) is 0 Å². The van der Waals surface area contributed by atoms with Crippen LogP contribution in [0.2, 0.25) is 0 Å². The number of benzene rings is 1. The molecule has 4 aliphatic carbocycles. The summed E-state index contributed by atoms with van der Waals surface area (Å²) >= 11 is 0. The molecule has 21 heavy (non-hydrogen) atoms. The molecule has 1 nitrogen and oxygen atoms in total. The van der Waals surface area contributed by atoms with E-state index in [1.807, 2.05) is 6.07 Å². The molecule has 0 unspecified atom stereocenters. The van der Waals surface area contributed by atoms with Crippen LogP contribution in [0.5, 0.6) is 5.75 Å². The molecule has 1 N–H and O–H groups in total. The van der Waals surface area contributed by atoms with Crippen LogP contribution in [0.15, 0.2) is 12.1 Å². The second kappa shape index (κ2) is 4.51. The first-order chi connectivity index (χ1) is 9.97. The Kier molecular flexibility index (Phi) is 2.93. The van der Waals surface area contributed by atoms with Gasteiger partial charge in [0.2, 0.25) is 0 Å². The summed E-state index contributed by atoms with van der Waals surface area (Å²) in [5, 5.41) is 10.3. The second-order valence-electron chi connectivity index (χ2n) is 8.58. The quantitative estimate of drug-likeness (QED) is 0.782. The van der Waals surface area contributed by atoms with Gasteiger partial charge in [0.1, 0.15) is 5.75 Å². The Balaban J connectivity index is 1.81. The lowest BCUT2D eigenvalue weighted by molar-refractivity contribution is -0.00551. The Morgan fingerprint density at radius 1 is 1.00 bits per heavy atom. The number of phenolic OH excluding ortho intramolecular Hbond substituents is 1. The van der Waals surface area contributed by atoms with Crippen LogP contribution in [0, 0.1) is 24.7 Å². The highest BCUT2D eigenvalue weighted by Gasteiger charge is 2.52. The maximum atomic E-state index is 10.3. The molecule has 0 amide bonds. The maximum absolute atomic E-state index is 10.3. The van der Waals surface area contributed by atoms with Gasteiger partial charge in [-0.2, -0.15) is 0 Å². The minimum Gasteiger partial charge on any atom is -0.508 e. The monoisotopic (exact) mass is 284 g/mol. The Hall–Kier alpha value is -0.980. The first kappa shape index (κ1) is 13.7. The molecule has 0 saturated heterocycles. The lowest BCUT2D eigenvalue weighted by Gasteiger charge is -2.57. The average molecular weight is 284 g/mol. The SMILES string of the molecule is Cc1cc(O)c(C(C)C)cc1C12CC3CC(CC(C3)C1)C2. The van der Waals surface area contributed by atoms with E-state index >= 15 is 0 Å². The number of rotatable bonds is 2. The van der Waals surface area contributed by atoms with Crippen LogP contribution in [0.4, 0.5) is 0 Å². The Morgan fingerprint density at radius 3 is 2.00 bits per heavy atom. The van der Waals surface area contributed by atoms with E-state index in [1.165, 1.54) is 44.1 Å². The molecule has 0 spiro atoms. The second-order valence-corrected chi connectivity index (χ2v) is 8.58. The molecule has 0 aromatic heterocycles. The van der Waals surface area contributed by atoms with E-state index in [1.54, 1.807) is 5.56 Å². The Labute approximate surface area is 128 Å². The summed E-state index contributed by atoms with van der Waals surface area (Å²) in [5.41, 5.74) is 4.48. The first-order valence-electron chi connectivity index (χ1n) is 8.81. The van der Waals surface area contributed by atoms with Crippen molar-refractivity contribution in [1.82, 2.24) is 0 Å². The number of hydrogen-bond donors (Lipinski definition) is 1. The van der Waals surface area contributed by atoms with E-state index in [0.717, 1.165) is 23.3 Å². The molecular weight excluding hydrogens is 256 g/mol. The maximum Gasteiger partial charge on any atom is 0.119 e. The van der Waals surface area contributed by atoms with Gasteiger partial charge in [0.15, 0.2) is 0 Å². The molecule has 0 heterocycles. The van der Waals surface area contributed by atoms with Crippen molar-refractivity contribution in [2.45, 2.75) is 70.6 Å². The number of aryl methyl sites for hydroxylation is 1. The van der Waals surface area contributed by atoms with Gasteiger partial charge < -0.3 is 5.11 Å². The lowest BCUT2D eigenvalue weighted by Crippen LogP contribution is -2.48. The number of phenols is 1. The van der Waals surface area contributed by atoms with Crippen molar-refractivity contribution in [3.05, 3.63) is 28.8 Å². The third-order valence-corrected chi connectivity index (χ3v) is 6.61. The predicted molar refractivity (Wildman–Crippen MR) is 86.8 cm³/mol. The van der Waals surface area contributed by atoms with Crippen molar-refractivity contribution >= 4 is 0 Å². The van der Waals surface area contributed by atoms with E-state index in [9.17, 15) is 5.11 Å². The molecule has 1 aromatic carbocycles. The zero-order valence-electron chi connectivity index (χ0n) is 13.7. The van der Waals surface area contributed by atoms with E-state index in [-0.39, 0.29) is 0 Å². The topological polar surface area (TPSA) is 20.2 Å². The molecule has 114 valence electrons. The van der Waals surface area contributed by atoms with Crippen LogP contribution in [-0.2, 0) is 5.41 Å². The van der Waals surface area contributed by atoms with Crippen molar-refractivity contribution < 1.29 is 5.11 Å². The van der Waals surface area contributed by atoms with Gasteiger partial charge in [0, 0.05) is 0 Å². The van der Waals surface area contributed by atoms with Crippen molar-refractivity contribution in [3.8, 4) is 5.75 Å². The van der Waals surface area contributed by atoms with Crippen LogP contribution in [0.3, 0.4) is 0 Å². The van der Waals surface area contributed by atoms with Crippen LogP contribution in [0.1, 0.15) is 75.0 Å². The van der Waals surface area contributed by atoms with Gasteiger partial charge in [-0.15, -0.1) is 0 Å². The summed E-state index contributed by atoms with van der Waals surface area (Å²) in [4.78, 5) is 0. The predicted octanol–water partition coefficient (Wildman–Crippen LogP) is 5.29. The number of aromatic hydroxyl groups is 1. The highest BCUT2D eigenvalue weighted by Crippen LogP contribution is 2.61. The van der Waals surface area contributed by atoms with Gasteiger partial charge in [-0.3, -0.25) is 0 Å². The van der Waals surface area contributed by atoms with Crippen LogP contribution >= 0.6 is 0 Å². The Morgan fingerprint density at radius 2 is 1.52 bits per heavy atom. The third-order valence-electron chi connectivity index (χ3n) is 6.61. The van der Waals surface area contributed by atoms with Gasteiger partial charge in [-0.25, -0.2) is 0 Å². The smallest absolute Gasteiger partial charge is 0.119 e. The van der Waals surface area contributed by atoms with Crippen LogP contribution in [0.25, 0.3) is 0 Å². The highest BCUT2D eigenvalue weighted by molar-refractivity contribution is 5.47. The molecule has 4 bridgehead atoms. The van der Waals surface area contributed by atoms with Gasteiger partial charge in [0.05, 0.1) is 0 Å². The van der Waals surface area contributed by atoms with Crippen LogP contribution < -0.4 is 0 Å². The molecular formula is C20H28O. The van der Waals surface area contributed by atoms with E-state index < -0.39 is 0 Å². The molecule has 0 aliphatic heterocycles. The van der Waals surface area contributed by atoms with Gasteiger partial charge in [0.25, 0.3) is 0 Å². The van der Waals surface area contributed by atoms with Crippen molar-refractivity contribution in [2.75, 3.05) is 0 Å². The molecule has 1 aromatic rings. The summed E-state index contributed by atoms with van der Waals surface area (Å²) in [5.74, 6) is 3.83. The molecule has 4 aliphatic rings. The molecule has 4 fully saturated rings. The van der Waals surface area contributed by atoms with Crippen molar-refractivity contribution in [1.29, 1.82) is 0 Å². The third kappa shape index (κ3) is 2.04. The minimum atomic E-state index is 0.401. The normalized spacial score (nSPS) is 37.4. The summed E-state index contributed by atoms with van der Waals surface area (Å²) in [6.45, 7) is 6.58. The van der Waals surface area contributed by atoms with Gasteiger partial charge >= 0.3 is 0 Å². The fourth-order valence-corrected chi connectivity index (χ4v) is 6.18. The molecule has 1 heteroatoms. The summed E-state index contributed by atoms with van der Waals surface area (Å²) in [6.07, 6.45) is 8.70. The largest absolute Gasteiger partial charge is 0.508 e. The molecule has 0 radical (unpaired) electrons. The highest BCUT2D eigenvalue weighted by atomic mass is 16.3. The standard InChI is InChI=1S/C20H28O/c1-12(2)17-8-18(13(3)4-19(17)21)20-9-14-5-15(10-20)7-16(6-14)11-20/h4,8,12,14-16,21H,5-7,9-11H2,1-3H3. The summed E-state index contributed by atoms with van der Waals surface area (Å²) in [7, 11) is 0. The fraction of sp³-hybridized carbons (Fsp3) is 0.700.